The van der Waals surface area contributed by atoms with Crippen molar-refractivity contribution in [3.05, 3.63) is 94.6 Å². The van der Waals surface area contributed by atoms with E-state index in [0.29, 0.717) is 0 Å². The fourth-order valence-corrected chi connectivity index (χ4v) is 3.43. The van der Waals surface area contributed by atoms with Gasteiger partial charge in [-0.25, -0.2) is 9.97 Å². The maximum atomic E-state index is 6.01. The quantitative estimate of drug-likeness (QED) is 0.382. The van der Waals surface area contributed by atoms with E-state index in [1.807, 2.05) is 54.6 Å². The molecule has 5 rings (SSSR count). The number of para-hydroxylation sites is 2. The molecular formula is C22H13ClN2. The van der Waals surface area contributed by atoms with Crippen molar-refractivity contribution in [3.8, 4) is 11.3 Å². The molecule has 0 amide bonds. The molecule has 0 unspecified atom stereocenters. The van der Waals surface area contributed by atoms with Crippen molar-refractivity contribution < 1.29 is 0 Å². The molecule has 118 valence electrons. The number of benzene rings is 3. The van der Waals surface area contributed by atoms with E-state index in [1.165, 1.54) is 5.56 Å². The van der Waals surface area contributed by atoms with Crippen LogP contribution in [0, 0.1) is 0 Å². The van der Waals surface area contributed by atoms with Gasteiger partial charge in [-0.05, 0) is 41.5 Å². The third kappa shape index (κ3) is 2.34. The Balaban J connectivity index is 1.80. The van der Waals surface area contributed by atoms with Crippen molar-refractivity contribution in [2.45, 2.75) is 0 Å². The third-order valence-corrected chi connectivity index (χ3v) is 4.73. The van der Waals surface area contributed by atoms with E-state index in [1.54, 1.807) is 0 Å². The highest BCUT2D eigenvalue weighted by Gasteiger charge is 2.26. The van der Waals surface area contributed by atoms with Crippen molar-refractivity contribution in [3.63, 3.8) is 0 Å². The Morgan fingerprint density at radius 2 is 1.24 bits per heavy atom. The molecule has 1 heterocycles. The molecule has 1 aliphatic carbocycles. The zero-order valence-corrected chi connectivity index (χ0v) is 14.0. The number of aromatic nitrogens is 2. The van der Waals surface area contributed by atoms with Crippen molar-refractivity contribution in [2.24, 2.45) is 0 Å². The molecule has 1 aliphatic rings. The van der Waals surface area contributed by atoms with Gasteiger partial charge in [-0.2, -0.15) is 0 Å². The van der Waals surface area contributed by atoms with Crippen LogP contribution in [0.5, 0.6) is 0 Å². The lowest BCUT2D eigenvalue weighted by atomic mass is 10.0. The molecule has 0 fully saturated rings. The minimum Gasteiger partial charge on any atom is -0.244 e. The first-order valence-electron chi connectivity index (χ1n) is 8.14. The van der Waals surface area contributed by atoms with Gasteiger partial charge in [-0.3, -0.25) is 0 Å². The second-order valence-electron chi connectivity index (χ2n) is 6.06. The number of halogens is 1. The smallest absolute Gasteiger partial charge is 0.0979 e. The molecule has 0 bridgehead atoms. The van der Waals surface area contributed by atoms with Crippen LogP contribution in [0.15, 0.2) is 72.8 Å². The molecule has 0 spiro atoms. The second kappa shape index (κ2) is 5.54. The maximum Gasteiger partial charge on any atom is 0.0979 e. The van der Waals surface area contributed by atoms with E-state index in [0.717, 1.165) is 44.1 Å². The van der Waals surface area contributed by atoms with Crippen LogP contribution in [0.25, 0.3) is 33.9 Å². The molecule has 0 aliphatic heterocycles. The zero-order chi connectivity index (χ0) is 16.8. The number of hydrogen-bond acceptors (Lipinski definition) is 2. The number of hydrogen-bond donors (Lipinski definition) is 0. The largest absolute Gasteiger partial charge is 0.244 e. The molecule has 0 N–H and O–H groups in total. The number of nitrogens with zero attached hydrogens (tertiary/aromatic N) is 2. The molecule has 0 saturated heterocycles. The summed E-state index contributed by atoms with van der Waals surface area (Å²) in [7, 11) is 0. The summed E-state index contributed by atoms with van der Waals surface area (Å²) in [6.07, 6.45) is 2.16. The molecule has 3 heteroatoms. The second-order valence-corrected chi connectivity index (χ2v) is 6.50. The lowest BCUT2D eigenvalue weighted by Crippen LogP contribution is -1.92. The fraction of sp³-hybridized carbons (Fsp3) is 0. The predicted octanol–water partition coefficient (Wildman–Crippen LogP) is 5.85. The van der Waals surface area contributed by atoms with E-state index in [2.05, 4.69) is 24.3 Å². The first kappa shape index (κ1) is 14.4. The van der Waals surface area contributed by atoms with Crippen LogP contribution in [-0.4, -0.2) is 9.97 Å². The van der Waals surface area contributed by atoms with Crippen LogP contribution in [0.1, 0.15) is 16.8 Å². The lowest BCUT2D eigenvalue weighted by molar-refractivity contribution is 1.28. The van der Waals surface area contributed by atoms with E-state index in [4.69, 9.17) is 21.6 Å². The van der Waals surface area contributed by atoms with Gasteiger partial charge in [0.05, 0.1) is 22.4 Å². The van der Waals surface area contributed by atoms with Crippen LogP contribution in [0.4, 0.5) is 0 Å². The topological polar surface area (TPSA) is 25.8 Å². The summed E-state index contributed by atoms with van der Waals surface area (Å²) in [6, 6.07) is 24.2. The molecule has 0 radical (unpaired) electrons. The van der Waals surface area contributed by atoms with Gasteiger partial charge >= 0.3 is 0 Å². The fourth-order valence-electron chi connectivity index (χ4n) is 3.30. The summed E-state index contributed by atoms with van der Waals surface area (Å²) in [5, 5.41) is 0.736. The number of rotatable bonds is 1. The van der Waals surface area contributed by atoms with E-state index in [-0.39, 0.29) is 0 Å². The van der Waals surface area contributed by atoms with Gasteiger partial charge in [-0.15, -0.1) is 0 Å². The Kier molecular flexibility index (Phi) is 3.19. The summed E-state index contributed by atoms with van der Waals surface area (Å²) in [4.78, 5) is 9.79. The summed E-state index contributed by atoms with van der Waals surface area (Å²) in [5.74, 6) is 0. The average Bonchev–Trinajstić information content (AvgIpc) is 2.95. The summed E-state index contributed by atoms with van der Waals surface area (Å²) >= 11 is 6.01. The van der Waals surface area contributed by atoms with Crippen molar-refractivity contribution in [2.75, 3.05) is 0 Å². The van der Waals surface area contributed by atoms with Crippen LogP contribution in [0.2, 0.25) is 5.02 Å². The molecule has 0 atom stereocenters. The zero-order valence-electron chi connectivity index (χ0n) is 13.3. The predicted molar refractivity (Wildman–Crippen MR) is 103 cm³/mol. The maximum absolute atomic E-state index is 6.01. The Bertz CT molecular complexity index is 1140. The number of fused-ring (bicyclic) bond motifs is 4. The molecule has 4 aromatic rings. The highest BCUT2D eigenvalue weighted by Crippen LogP contribution is 2.43. The lowest BCUT2D eigenvalue weighted by Gasteiger charge is -2.04. The molecule has 2 nitrogen and oxygen atoms in total. The van der Waals surface area contributed by atoms with Gasteiger partial charge < -0.3 is 0 Å². The monoisotopic (exact) mass is 340 g/mol. The Morgan fingerprint density at radius 1 is 0.640 bits per heavy atom. The highest BCUT2D eigenvalue weighted by atomic mass is 35.5. The molecule has 25 heavy (non-hydrogen) atoms. The van der Waals surface area contributed by atoms with E-state index < -0.39 is 0 Å². The SMILES string of the molecule is Clc1ccc(/C=C2/c3ccccc3-c3nc4ccccc4nc32)cc1. The van der Waals surface area contributed by atoms with Gasteiger partial charge in [0.2, 0.25) is 0 Å². The van der Waals surface area contributed by atoms with E-state index >= 15 is 0 Å². The Labute approximate surface area is 150 Å². The van der Waals surface area contributed by atoms with E-state index in [9.17, 15) is 0 Å². The first-order chi connectivity index (χ1) is 12.3. The van der Waals surface area contributed by atoms with Crippen LogP contribution >= 0.6 is 11.6 Å². The summed E-state index contributed by atoms with van der Waals surface area (Å²) in [5.41, 5.74) is 8.23. The van der Waals surface area contributed by atoms with Gasteiger partial charge in [0, 0.05) is 16.2 Å². The van der Waals surface area contributed by atoms with Crippen molar-refractivity contribution >= 4 is 34.3 Å². The molecule has 1 aromatic heterocycles. The summed E-state index contributed by atoms with van der Waals surface area (Å²) in [6.45, 7) is 0. The van der Waals surface area contributed by atoms with Crippen LogP contribution < -0.4 is 0 Å². The van der Waals surface area contributed by atoms with Gasteiger partial charge in [0.25, 0.3) is 0 Å². The van der Waals surface area contributed by atoms with Crippen molar-refractivity contribution in [1.82, 2.24) is 9.97 Å². The third-order valence-electron chi connectivity index (χ3n) is 4.48. The first-order valence-corrected chi connectivity index (χ1v) is 8.51. The molecule has 3 aromatic carbocycles. The van der Waals surface area contributed by atoms with Crippen LogP contribution in [0.3, 0.4) is 0 Å². The van der Waals surface area contributed by atoms with Crippen molar-refractivity contribution in [1.29, 1.82) is 0 Å². The average molecular weight is 341 g/mol. The standard InChI is InChI=1S/C22H13ClN2/c23-15-11-9-14(10-12-15)13-18-16-5-1-2-6-17(16)21-22(18)25-20-8-4-3-7-19(20)24-21/h1-13H/b18-13-. The van der Waals surface area contributed by atoms with Crippen LogP contribution in [-0.2, 0) is 0 Å². The van der Waals surface area contributed by atoms with Gasteiger partial charge in [0.15, 0.2) is 0 Å². The summed E-state index contributed by atoms with van der Waals surface area (Å²) < 4.78 is 0. The molecular weight excluding hydrogens is 328 g/mol. The Hall–Kier alpha value is -2.97. The highest BCUT2D eigenvalue weighted by molar-refractivity contribution is 6.30. The normalized spacial score (nSPS) is 13.9. The molecule has 0 saturated carbocycles. The Morgan fingerprint density at radius 3 is 1.96 bits per heavy atom. The van der Waals surface area contributed by atoms with Gasteiger partial charge in [0.1, 0.15) is 0 Å². The minimum absolute atomic E-state index is 0.736. The van der Waals surface area contributed by atoms with Gasteiger partial charge in [-0.1, -0.05) is 60.1 Å². The minimum atomic E-state index is 0.736.